The molecule has 1 unspecified atom stereocenters. The number of allylic oxidation sites excluding steroid dienone is 12. The molecule has 73 heavy (non-hydrogen) atoms. The Balaban J connectivity index is 4.42. The van der Waals surface area contributed by atoms with Crippen molar-refractivity contribution in [1.29, 1.82) is 0 Å². The second-order valence-corrected chi connectivity index (χ2v) is 20.9. The third-order valence-electron chi connectivity index (χ3n) is 13.7. The fourth-order valence-electron chi connectivity index (χ4n) is 9.00. The highest BCUT2D eigenvalue weighted by molar-refractivity contribution is 5.71. The van der Waals surface area contributed by atoms with Gasteiger partial charge in [0.05, 0.1) is 0 Å². The van der Waals surface area contributed by atoms with E-state index in [9.17, 15) is 14.4 Å². The highest BCUT2D eigenvalue weighted by Crippen LogP contribution is 2.17. The van der Waals surface area contributed by atoms with Crippen molar-refractivity contribution in [3.63, 3.8) is 0 Å². The number of unbranched alkanes of at least 4 members (excludes halogenated alkanes) is 34. The Kier molecular flexibility index (Phi) is 58.7. The van der Waals surface area contributed by atoms with E-state index in [1.807, 2.05) is 0 Å². The van der Waals surface area contributed by atoms with Crippen LogP contribution in [0.5, 0.6) is 0 Å². The third-order valence-corrected chi connectivity index (χ3v) is 13.7. The van der Waals surface area contributed by atoms with Crippen molar-refractivity contribution in [1.82, 2.24) is 0 Å². The minimum atomic E-state index is -0.800. The Bertz CT molecular complexity index is 1360. The maximum absolute atomic E-state index is 12.9. The molecule has 0 aliphatic heterocycles. The van der Waals surface area contributed by atoms with Crippen LogP contribution in [-0.2, 0) is 28.6 Å². The lowest BCUT2D eigenvalue weighted by Gasteiger charge is -2.18. The molecule has 0 aliphatic carbocycles. The summed E-state index contributed by atoms with van der Waals surface area (Å²) in [4.78, 5) is 38.3. The summed E-state index contributed by atoms with van der Waals surface area (Å²) in [7, 11) is 0. The van der Waals surface area contributed by atoms with Crippen LogP contribution in [0.4, 0.5) is 0 Å². The Morgan fingerprint density at radius 1 is 0.288 bits per heavy atom. The molecular weight excluding hydrogens is 901 g/mol. The zero-order valence-corrected chi connectivity index (χ0v) is 48.4. The SMILES string of the molecule is CC/C=C\C/C=C\C/C=C\C/C=C\C/C=C\CCCC(=O)OCC(COC(=O)CCCCCCCCCCCCCCCCCCCCCC)OC(=O)CCCCCCCCC/C=C\CCCCCCCCC. The fourth-order valence-corrected chi connectivity index (χ4v) is 9.00. The van der Waals surface area contributed by atoms with E-state index in [0.29, 0.717) is 19.3 Å². The summed E-state index contributed by atoms with van der Waals surface area (Å²) in [6, 6.07) is 0. The molecular formula is C67H118O6. The largest absolute Gasteiger partial charge is 0.462 e. The van der Waals surface area contributed by atoms with Gasteiger partial charge < -0.3 is 14.2 Å². The molecule has 1 atom stereocenters. The van der Waals surface area contributed by atoms with E-state index >= 15 is 0 Å². The number of hydrogen-bond donors (Lipinski definition) is 0. The van der Waals surface area contributed by atoms with Crippen molar-refractivity contribution >= 4 is 17.9 Å². The van der Waals surface area contributed by atoms with Crippen molar-refractivity contribution < 1.29 is 28.6 Å². The first kappa shape index (κ1) is 69.8. The van der Waals surface area contributed by atoms with Crippen LogP contribution < -0.4 is 0 Å². The predicted octanol–water partition coefficient (Wildman–Crippen LogP) is 21.3. The summed E-state index contributed by atoms with van der Waals surface area (Å²) in [5.74, 6) is -0.942. The minimum Gasteiger partial charge on any atom is -0.462 e. The second-order valence-electron chi connectivity index (χ2n) is 20.9. The predicted molar refractivity (Wildman–Crippen MR) is 316 cm³/mol. The molecule has 0 spiro atoms. The lowest BCUT2D eigenvalue weighted by Crippen LogP contribution is -2.30. The molecule has 0 N–H and O–H groups in total. The number of rotatable bonds is 57. The van der Waals surface area contributed by atoms with E-state index in [0.717, 1.165) is 77.0 Å². The van der Waals surface area contributed by atoms with Crippen molar-refractivity contribution in [2.75, 3.05) is 13.2 Å². The number of hydrogen-bond acceptors (Lipinski definition) is 6. The van der Waals surface area contributed by atoms with Gasteiger partial charge >= 0.3 is 17.9 Å². The summed E-state index contributed by atoms with van der Waals surface area (Å²) in [6.07, 6.45) is 79.1. The summed E-state index contributed by atoms with van der Waals surface area (Å²) in [6.45, 7) is 6.52. The molecule has 0 aromatic rings. The lowest BCUT2D eigenvalue weighted by molar-refractivity contribution is -0.167. The molecule has 0 saturated heterocycles. The molecule has 0 amide bonds. The molecule has 6 nitrogen and oxygen atoms in total. The van der Waals surface area contributed by atoms with E-state index in [2.05, 4.69) is 93.7 Å². The van der Waals surface area contributed by atoms with Crippen LogP contribution in [0, 0.1) is 0 Å². The Labute approximate surface area is 453 Å². The van der Waals surface area contributed by atoms with Crippen LogP contribution in [0.1, 0.15) is 316 Å². The van der Waals surface area contributed by atoms with Crippen LogP contribution in [0.25, 0.3) is 0 Å². The number of carbonyl (C=O) groups excluding carboxylic acids is 3. The van der Waals surface area contributed by atoms with Crippen molar-refractivity contribution in [2.24, 2.45) is 0 Å². The van der Waals surface area contributed by atoms with Crippen LogP contribution in [0.3, 0.4) is 0 Å². The molecule has 0 fully saturated rings. The van der Waals surface area contributed by atoms with Gasteiger partial charge in [0.1, 0.15) is 13.2 Å². The molecule has 0 aliphatic rings. The smallest absolute Gasteiger partial charge is 0.306 e. The first-order chi connectivity index (χ1) is 36.0. The van der Waals surface area contributed by atoms with Crippen LogP contribution in [0.2, 0.25) is 0 Å². The van der Waals surface area contributed by atoms with Gasteiger partial charge in [-0.15, -0.1) is 0 Å². The summed E-state index contributed by atoms with van der Waals surface area (Å²) in [5.41, 5.74) is 0. The van der Waals surface area contributed by atoms with Gasteiger partial charge in [-0.1, -0.05) is 286 Å². The third kappa shape index (κ3) is 59.6. The lowest BCUT2D eigenvalue weighted by atomic mass is 10.0. The van der Waals surface area contributed by atoms with Gasteiger partial charge in [0.15, 0.2) is 6.10 Å². The van der Waals surface area contributed by atoms with E-state index in [-0.39, 0.29) is 37.5 Å². The summed E-state index contributed by atoms with van der Waals surface area (Å²) < 4.78 is 16.9. The highest BCUT2D eigenvalue weighted by atomic mass is 16.6. The maximum Gasteiger partial charge on any atom is 0.306 e. The second kappa shape index (κ2) is 61.4. The maximum atomic E-state index is 12.9. The molecule has 0 rings (SSSR count). The monoisotopic (exact) mass is 1020 g/mol. The average molecular weight is 1020 g/mol. The van der Waals surface area contributed by atoms with Gasteiger partial charge in [-0.25, -0.2) is 0 Å². The summed E-state index contributed by atoms with van der Waals surface area (Å²) in [5, 5.41) is 0. The standard InChI is InChI=1S/C67H118O6/c1-4-7-10-13-16-19-22-25-28-31-33-34-37-39-42-45-48-51-54-57-60-66(69)72-63-64(62-71-65(68)59-56-53-50-47-44-41-38-35-30-27-24-21-18-15-12-9-6-3)73-67(70)61-58-55-52-49-46-43-40-36-32-29-26-23-20-17-14-11-8-5-2/h9,12,18,21,27,29-30,32,38,41,47,50,64H,4-8,10-11,13-17,19-20,22-26,28,31,33-37,39-40,42-46,48-49,51-63H2,1-3H3/b12-9-,21-18-,30-27-,32-29-,41-38-,50-47-. The Hall–Kier alpha value is -3.15. The number of esters is 3. The first-order valence-corrected chi connectivity index (χ1v) is 31.4. The van der Waals surface area contributed by atoms with Crippen molar-refractivity contribution in [2.45, 2.75) is 322 Å². The topological polar surface area (TPSA) is 78.9 Å². The minimum absolute atomic E-state index is 0.0919. The van der Waals surface area contributed by atoms with E-state index in [1.54, 1.807) is 0 Å². The van der Waals surface area contributed by atoms with E-state index in [1.165, 1.54) is 193 Å². The van der Waals surface area contributed by atoms with E-state index in [4.69, 9.17) is 14.2 Å². The molecule has 0 saturated carbocycles. The molecule has 422 valence electrons. The molecule has 6 heteroatoms. The normalized spacial score (nSPS) is 12.5. The number of carbonyl (C=O) groups is 3. The highest BCUT2D eigenvalue weighted by Gasteiger charge is 2.19. The zero-order chi connectivity index (χ0) is 52.9. The fraction of sp³-hybridized carbons (Fsp3) is 0.776. The number of ether oxygens (including phenoxy) is 3. The molecule has 0 aromatic carbocycles. The van der Waals surface area contributed by atoms with Gasteiger partial charge in [0.25, 0.3) is 0 Å². The van der Waals surface area contributed by atoms with Gasteiger partial charge in [-0.2, -0.15) is 0 Å². The summed E-state index contributed by atoms with van der Waals surface area (Å²) >= 11 is 0. The first-order valence-electron chi connectivity index (χ1n) is 31.4. The van der Waals surface area contributed by atoms with E-state index < -0.39 is 6.10 Å². The van der Waals surface area contributed by atoms with Gasteiger partial charge in [-0.3, -0.25) is 14.4 Å². The van der Waals surface area contributed by atoms with Crippen molar-refractivity contribution in [3.05, 3.63) is 72.9 Å². The Morgan fingerprint density at radius 2 is 0.548 bits per heavy atom. The average Bonchev–Trinajstić information content (AvgIpc) is 3.39. The molecule has 0 bridgehead atoms. The zero-order valence-electron chi connectivity index (χ0n) is 48.4. The Morgan fingerprint density at radius 3 is 0.904 bits per heavy atom. The van der Waals surface area contributed by atoms with Gasteiger partial charge in [0.2, 0.25) is 0 Å². The molecule has 0 aromatic heterocycles. The van der Waals surface area contributed by atoms with Crippen LogP contribution >= 0.6 is 0 Å². The van der Waals surface area contributed by atoms with Crippen molar-refractivity contribution in [3.8, 4) is 0 Å². The van der Waals surface area contributed by atoms with Crippen LogP contribution in [-0.4, -0.2) is 37.2 Å². The van der Waals surface area contributed by atoms with Gasteiger partial charge in [-0.05, 0) is 83.5 Å². The quantitative estimate of drug-likeness (QED) is 0.0261. The molecule has 0 heterocycles. The van der Waals surface area contributed by atoms with Gasteiger partial charge in [0, 0.05) is 19.3 Å². The van der Waals surface area contributed by atoms with Crippen LogP contribution in [0.15, 0.2) is 72.9 Å². The molecule has 0 radical (unpaired) electrons.